The zero-order chi connectivity index (χ0) is 14.1. The van der Waals surface area contributed by atoms with Crippen LogP contribution < -0.4 is 10.5 Å². The molecular formula is C13H13N5OS. The summed E-state index contributed by atoms with van der Waals surface area (Å²) in [6, 6.07) is 5.99. The molecule has 2 aromatic heterocycles. The Morgan fingerprint density at radius 2 is 2.15 bits per heavy atom. The fourth-order valence-corrected chi connectivity index (χ4v) is 2.83. The molecular weight excluding hydrogens is 274 g/mol. The number of hydrogen-bond donors (Lipinski definition) is 2. The number of aryl methyl sites for hydroxylation is 1. The number of aromatic amines is 1. The molecule has 0 bridgehead atoms. The van der Waals surface area contributed by atoms with E-state index in [0.717, 1.165) is 16.2 Å². The number of methoxy groups -OCH3 is 1. The minimum atomic E-state index is 0.370. The van der Waals surface area contributed by atoms with Crippen LogP contribution >= 0.6 is 11.8 Å². The van der Waals surface area contributed by atoms with E-state index < -0.39 is 0 Å². The average Bonchev–Trinajstić information content (AvgIpc) is 2.83. The van der Waals surface area contributed by atoms with Crippen LogP contribution in [0.2, 0.25) is 0 Å². The summed E-state index contributed by atoms with van der Waals surface area (Å²) in [6.07, 6.45) is 1.41. The van der Waals surface area contributed by atoms with Crippen LogP contribution in [-0.4, -0.2) is 27.0 Å². The van der Waals surface area contributed by atoms with Crippen molar-refractivity contribution in [2.24, 2.45) is 0 Å². The summed E-state index contributed by atoms with van der Waals surface area (Å²) in [7, 11) is 1.65. The lowest BCUT2D eigenvalue weighted by atomic mass is 10.2. The highest BCUT2D eigenvalue weighted by molar-refractivity contribution is 7.99. The Bertz CT molecular complexity index is 771. The van der Waals surface area contributed by atoms with Gasteiger partial charge in [-0.3, -0.25) is 0 Å². The molecule has 0 saturated heterocycles. The van der Waals surface area contributed by atoms with Crippen LogP contribution in [0.25, 0.3) is 11.2 Å². The van der Waals surface area contributed by atoms with Crippen LogP contribution in [0, 0.1) is 6.92 Å². The van der Waals surface area contributed by atoms with Gasteiger partial charge in [-0.15, -0.1) is 0 Å². The van der Waals surface area contributed by atoms with Crippen LogP contribution in [0.4, 0.5) is 5.82 Å². The monoisotopic (exact) mass is 287 g/mol. The summed E-state index contributed by atoms with van der Waals surface area (Å²) >= 11 is 1.47. The van der Waals surface area contributed by atoms with Crippen molar-refractivity contribution in [1.29, 1.82) is 0 Å². The molecule has 0 unspecified atom stereocenters. The maximum Gasteiger partial charge on any atom is 0.172 e. The second-order valence-corrected chi connectivity index (χ2v) is 5.29. The van der Waals surface area contributed by atoms with Gasteiger partial charge in [-0.2, -0.15) is 0 Å². The number of benzene rings is 1. The number of hydrogen-bond acceptors (Lipinski definition) is 6. The van der Waals surface area contributed by atoms with Crippen molar-refractivity contribution < 1.29 is 4.74 Å². The number of nitrogens with zero attached hydrogens (tertiary/aromatic N) is 3. The smallest absolute Gasteiger partial charge is 0.172 e. The number of nitrogens with one attached hydrogen (secondary N) is 1. The Balaban J connectivity index is 2.01. The maximum absolute atomic E-state index is 5.78. The number of ether oxygens (including phenoxy) is 1. The van der Waals surface area contributed by atoms with Crippen molar-refractivity contribution in [2.45, 2.75) is 17.0 Å². The predicted octanol–water partition coefficient (Wildman–Crippen LogP) is 2.40. The highest BCUT2D eigenvalue weighted by Crippen LogP contribution is 2.35. The fourth-order valence-electron chi connectivity index (χ4n) is 1.84. The van der Waals surface area contributed by atoms with E-state index in [4.69, 9.17) is 10.5 Å². The van der Waals surface area contributed by atoms with E-state index >= 15 is 0 Å². The first-order valence-corrected chi connectivity index (χ1v) is 6.77. The number of anilines is 1. The molecule has 0 fully saturated rings. The SMILES string of the molecule is COc1ccc(C)cc1Sc1nc2c(N)ncnc2[nH]1. The normalized spacial score (nSPS) is 10.9. The molecule has 0 aliphatic rings. The molecule has 0 atom stereocenters. The fraction of sp³-hybridized carbons (Fsp3) is 0.154. The molecule has 102 valence electrons. The molecule has 20 heavy (non-hydrogen) atoms. The van der Waals surface area contributed by atoms with Gasteiger partial charge in [-0.1, -0.05) is 6.07 Å². The summed E-state index contributed by atoms with van der Waals surface area (Å²) in [6.45, 7) is 2.03. The van der Waals surface area contributed by atoms with Crippen molar-refractivity contribution in [3.8, 4) is 5.75 Å². The molecule has 0 aliphatic heterocycles. The third kappa shape index (κ3) is 2.27. The number of aromatic nitrogens is 4. The van der Waals surface area contributed by atoms with Crippen LogP contribution in [0.1, 0.15) is 5.56 Å². The predicted molar refractivity (Wildman–Crippen MR) is 78.0 cm³/mol. The van der Waals surface area contributed by atoms with Gasteiger partial charge < -0.3 is 15.5 Å². The molecule has 6 nitrogen and oxygen atoms in total. The Labute approximate surface area is 119 Å². The summed E-state index contributed by atoms with van der Waals surface area (Å²) in [5.74, 6) is 1.18. The van der Waals surface area contributed by atoms with Crippen LogP contribution in [-0.2, 0) is 0 Å². The first-order chi connectivity index (χ1) is 9.67. The number of nitrogens with two attached hydrogens (primary N) is 1. The number of rotatable bonds is 3. The maximum atomic E-state index is 5.78. The van der Waals surface area contributed by atoms with Gasteiger partial charge in [0.25, 0.3) is 0 Å². The van der Waals surface area contributed by atoms with Crippen molar-refractivity contribution in [3.05, 3.63) is 30.1 Å². The summed E-state index contributed by atoms with van der Waals surface area (Å²) in [4.78, 5) is 16.6. The quantitative estimate of drug-likeness (QED) is 0.769. The number of nitrogen functional groups attached to an aromatic ring is 1. The van der Waals surface area contributed by atoms with E-state index in [-0.39, 0.29) is 0 Å². The first kappa shape index (κ1) is 12.7. The topological polar surface area (TPSA) is 89.7 Å². The first-order valence-electron chi connectivity index (χ1n) is 5.96. The molecule has 3 rings (SSSR count). The van der Waals surface area contributed by atoms with E-state index in [0.29, 0.717) is 22.1 Å². The molecule has 0 amide bonds. The Hall–Kier alpha value is -2.28. The Morgan fingerprint density at radius 1 is 1.30 bits per heavy atom. The van der Waals surface area contributed by atoms with Gasteiger partial charge in [0, 0.05) is 0 Å². The van der Waals surface area contributed by atoms with E-state index in [1.807, 2.05) is 25.1 Å². The average molecular weight is 287 g/mol. The summed E-state index contributed by atoms with van der Waals surface area (Å²) in [5.41, 5.74) is 8.15. The van der Waals surface area contributed by atoms with Crippen LogP contribution in [0.15, 0.2) is 34.6 Å². The third-order valence-electron chi connectivity index (χ3n) is 2.82. The van der Waals surface area contributed by atoms with Crippen molar-refractivity contribution in [2.75, 3.05) is 12.8 Å². The largest absolute Gasteiger partial charge is 0.496 e. The minimum Gasteiger partial charge on any atom is -0.496 e. The highest BCUT2D eigenvalue weighted by atomic mass is 32.2. The second kappa shape index (κ2) is 5.01. The lowest BCUT2D eigenvalue weighted by Crippen LogP contribution is -1.91. The molecule has 0 radical (unpaired) electrons. The third-order valence-corrected chi connectivity index (χ3v) is 3.74. The summed E-state index contributed by atoms with van der Waals surface area (Å²) in [5, 5.41) is 0.705. The molecule has 3 N–H and O–H groups in total. The molecule has 0 spiro atoms. The van der Waals surface area contributed by atoms with Crippen LogP contribution in [0.5, 0.6) is 5.75 Å². The highest BCUT2D eigenvalue weighted by Gasteiger charge is 2.11. The molecule has 0 aliphatic carbocycles. The van der Waals surface area contributed by atoms with Gasteiger partial charge in [0.15, 0.2) is 22.1 Å². The number of imidazole rings is 1. The Morgan fingerprint density at radius 3 is 2.90 bits per heavy atom. The van der Waals surface area contributed by atoms with Gasteiger partial charge in [-0.05, 0) is 36.4 Å². The summed E-state index contributed by atoms with van der Waals surface area (Å²) < 4.78 is 5.36. The zero-order valence-electron chi connectivity index (χ0n) is 11.0. The lowest BCUT2D eigenvalue weighted by molar-refractivity contribution is 0.404. The van der Waals surface area contributed by atoms with Gasteiger partial charge in [0.1, 0.15) is 12.1 Å². The van der Waals surface area contributed by atoms with Crippen molar-refractivity contribution >= 4 is 28.7 Å². The van der Waals surface area contributed by atoms with Crippen molar-refractivity contribution in [1.82, 2.24) is 19.9 Å². The molecule has 0 saturated carbocycles. The van der Waals surface area contributed by atoms with Gasteiger partial charge in [0.2, 0.25) is 0 Å². The minimum absolute atomic E-state index is 0.370. The molecule has 7 heteroatoms. The van der Waals surface area contributed by atoms with E-state index in [1.54, 1.807) is 7.11 Å². The van der Waals surface area contributed by atoms with Gasteiger partial charge in [0.05, 0.1) is 12.0 Å². The number of H-pyrrole nitrogens is 1. The van der Waals surface area contributed by atoms with E-state index in [2.05, 4.69) is 19.9 Å². The second-order valence-electron chi connectivity index (χ2n) is 4.25. The molecule has 3 aromatic rings. The standard InChI is InChI=1S/C13H13N5OS/c1-7-3-4-8(19-2)9(5-7)20-13-17-10-11(14)15-6-16-12(10)18-13/h3-6H,1-2H3,(H3,14,15,16,17,18). The molecule has 1 aromatic carbocycles. The Kier molecular flexibility index (Phi) is 3.19. The van der Waals surface area contributed by atoms with Crippen LogP contribution in [0.3, 0.4) is 0 Å². The molecule has 2 heterocycles. The van der Waals surface area contributed by atoms with Gasteiger partial charge >= 0.3 is 0 Å². The van der Waals surface area contributed by atoms with E-state index in [9.17, 15) is 0 Å². The lowest BCUT2D eigenvalue weighted by Gasteiger charge is -2.07. The van der Waals surface area contributed by atoms with Gasteiger partial charge in [-0.25, -0.2) is 15.0 Å². The number of fused-ring (bicyclic) bond motifs is 1. The van der Waals surface area contributed by atoms with Crippen molar-refractivity contribution in [3.63, 3.8) is 0 Å². The van der Waals surface area contributed by atoms with E-state index in [1.165, 1.54) is 18.1 Å². The zero-order valence-corrected chi connectivity index (χ0v) is 11.9.